The summed E-state index contributed by atoms with van der Waals surface area (Å²) in [6.07, 6.45) is 5.56. The lowest BCUT2D eigenvalue weighted by molar-refractivity contribution is -0.154. The fourth-order valence-electron chi connectivity index (χ4n) is 3.41. The van der Waals surface area contributed by atoms with E-state index in [0.29, 0.717) is 25.9 Å². The molecule has 2 aliphatic rings. The van der Waals surface area contributed by atoms with E-state index >= 15 is 0 Å². The van der Waals surface area contributed by atoms with E-state index in [1.807, 2.05) is 0 Å². The number of nitrogens with one attached hydrogen (secondary N) is 1. The van der Waals surface area contributed by atoms with Crippen molar-refractivity contribution in [2.75, 3.05) is 13.1 Å². The van der Waals surface area contributed by atoms with Crippen LogP contribution >= 0.6 is 12.2 Å². The zero-order chi connectivity index (χ0) is 15.7. The molecule has 0 spiro atoms. The van der Waals surface area contributed by atoms with Gasteiger partial charge in [-0.3, -0.25) is 9.59 Å². The molecule has 5 nitrogen and oxygen atoms in total. The highest BCUT2D eigenvalue weighted by atomic mass is 32.1. The summed E-state index contributed by atoms with van der Waals surface area (Å²) in [5.41, 5.74) is 4.37. The standard InChI is InChI=1S/C15H25N3O2S/c1-14(2)12(19)17-9-10-18(14)13(20)15(11(16)21)7-5-3-4-6-8-15/h3-10H2,1-2H3,(H2,16,21)(H,17,19). The molecule has 0 atom stereocenters. The molecule has 21 heavy (non-hydrogen) atoms. The van der Waals surface area contributed by atoms with Crippen LogP contribution in [0.1, 0.15) is 52.4 Å². The second-order valence-corrected chi connectivity index (χ2v) is 7.07. The van der Waals surface area contributed by atoms with Crippen LogP contribution in [0.3, 0.4) is 0 Å². The van der Waals surface area contributed by atoms with Crippen molar-refractivity contribution in [2.24, 2.45) is 11.1 Å². The Labute approximate surface area is 131 Å². The van der Waals surface area contributed by atoms with Crippen LogP contribution in [0, 0.1) is 5.41 Å². The molecule has 2 amide bonds. The number of nitrogens with zero attached hydrogens (tertiary/aromatic N) is 1. The van der Waals surface area contributed by atoms with Crippen LogP contribution in [0.2, 0.25) is 0 Å². The number of rotatable bonds is 2. The molecule has 0 aromatic carbocycles. The molecule has 2 rings (SSSR count). The van der Waals surface area contributed by atoms with Gasteiger partial charge in [-0.1, -0.05) is 37.9 Å². The van der Waals surface area contributed by atoms with E-state index < -0.39 is 11.0 Å². The summed E-state index contributed by atoms with van der Waals surface area (Å²) in [5, 5.41) is 2.82. The second kappa shape index (κ2) is 5.91. The maximum atomic E-state index is 13.2. The van der Waals surface area contributed by atoms with E-state index in [1.165, 1.54) is 0 Å². The molecule has 6 heteroatoms. The van der Waals surface area contributed by atoms with Gasteiger partial charge in [0.15, 0.2) is 0 Å². The lowest BCUT2D eigenvalue weighted by Crippen LogP contribution is -2.66. The molecule has 2 fully saturated rings. The molecule has 1 aliphatic heterocycles. The summed E-state index contributed by atoms with van der Waals surface area (Å²) >= 11 is 5.27. The Balaban J connectivity index is 2.34. The van der Waals surface area contributed by atoms with E-state index in [1.54, 1.807) is 18.7 Å². The number of hydrogen-bond acceptors (Lipinski definition) is 3. The normalized spacial score (nSPS) is 24.9. The third kappa shape index (κ3) is 2.78. The maximum Gasteiger partial charge on any atom is 0.245 e. The molecule has 0 radical (unpaired) electrons. The Morgan fingerprint density at radius 2 is 1.81 bits per heavy atom. The van der Waals surface area contributed by atoms with Crippen molar-refractivity contribution >= 4 is 29.0 Å². The van der Waals surface area contributed by atoms with E-state index in [0.717, 1.165) is 25.7 Å². The van der Waals surface area contributed by atoms with Gasteiger partial charge in [0.2, 0.25) is 11.8 Å². The third-order valence-electron chi connectivity index (χ3n) is 4.93. The van der Waals surface area contributed by atoms with Gasteiger partial charge in [0, 0.05) is 13.1 Å². The zero-order valence-corrected chi connectivity index (χ0v) is 13.7. The molecule has 1 heterocycles. The number of thiocarbonyl (C=S) groups is 1. The minimum atomic E-state index is -0.848. The average Bonchev–Trinajstić information content (AvgIpc) is 2.67. The quantitative estimate of drug-likeness (QED) is 0.596. The predicted octanol–water partition coefficient (Wildman–Crippen LogP) is 1.35. The molecular formula is C15H25N3O2S. The SMILES string of the molecule is CC1(C)C(=O)NCCN1C(=O)C1(C(N)=S)CCCCCC1. The van der Waals surface area contributed by atoms with Crippen LogP contribution in [0.25, 0.3) is 0 Å². The van der Waals surface area contributed by atoms with Crippen molar-refractivity contribution in [2.45, 2.75) is 57.9 Å². The zero-order valence-electron chi connectivity index (χ0n) is 12.9. The first-order chi connectivity index (χ1) is 9.82. The lowest BCUT2D eigenvalue weighted by atomic mass is 9.77. The van der Waals surface area contributed by atoms with Crippen LogP contribution < -0.4 is 11.1 Å². The van der Waals surface area contributed by atoms with E-state index in [-0.39, 0.29) is 16.8 Å². The van der Waals surface area contributed by atoms with E-state index in [4.69, 9.17) is 18.0 Å². The highest BCUT2D eigenvalue weighted by molar-refractivity contribution is 7.80. The molecule has 1 saturated carbocycles. The summed E-state index contributed by atoms with van der Waals surface area (Å²) in [6.45, 7) is 4.57. The van der Waals surface area contributed by atoms with Gasteiger partial charge >= 0.3 is 0 Å². The van der Waals surface area contributed by atoms with Crippen molar-refractivity contribution in [3.8, 4) is 0 Å². The van der Waals surface area contributed by atoms with Gasteiger partial charge in [0.25, 0.3) is 0 Å². The summed E-state index contributed by atoms with van der Waals surface area (Å²) in [5.74, 6) is -0.175. The number of carbonyl (C=O) groups is 2. The van der Waals surface area contributed by atoms with Gasteiger partial charge in [-0.05, 0) is 26.7 Å². The molecule has 118 valence electrons. The summed E-state index contributed by atoms with van der Waals surface area (Å²) in [4.78, 5) is 27.3. The van der Waals surface area contributed by atoms with Crippen LogP contribution in [-0.2, 0) is 9.59 Å². The van der Waals surface area contributed by atoms with Crippen molar-refractivity contribution in [1.29, 1.82) is 0 Å². The van der Waals surface area contributed by atoms with Crippen molar-refractivity contribution in [3.63, 3.8) is 0 Å². The van der Waals surface area contributed by atoms with Crippen molar-refractivity contribution in [1.82, 2.24) is 10.2 Å². The smallest absolute Gasteiger partial charge is 0.245 e. The monoisotopic (exact) mass is 311 g/mol. The Kier molecular flexibility index (Phi) is 4.56. The van der Waals surface area contributed by atoms with Crippen LogP contribution in [0.15, 0.2) is 0 Å². The minimum absolute atomic E-state index is 0.0586. The maximum absolute atomic E-state index is 13.2. The molecule has 0 bridgehead atoms. The summed E-state index contributed by atoms with van der Waals surface area (Å²) in [6, 6.07) is 0. The molecule has 1 aliphatic carbocycles. The molecule has 1 saturated heterocycles. The van der Waals surface area contributed by atoms with Crippen LogP contribution in [0.4, 0.5) is 0 Å². The van der Waals surface area contributed by atoms with Crippen molar-refractivity contribution in [3.05, 3.63) is 0 Å². The predicted molar refractivity (Wildman–Crippen MR) is 85.7 cm³/mol. The average molecular weight is 311 g/mol. The van der Waals surface area contributed by atoms with E-state index in [9.17, 15) is 9.59 Å². The summed E-state index contributed by atoms with van der Waals surface area (Å²) < 4.78 is 0. The fourth-order valence-corrected chi connectivity index (χ4v) is 3.70. The fraction of sp³-hybridized carbons (Fsp3) is 0.800. The summed E-state index contributed by atoms with van der Waals surface area (Å²) in [7, 11) is 0. The Hall–Kier alpha value is -1.17. The first kappa shape index (κ1) is 16.2. The molecule has 0 aromatic heterocycles. The van der Waals surface area contributed by atoms with Gasteiger partial charge in [-0.2, -0.15) is 0 Å². The van der Waals surface area contributed by atoms with Crippen molar-refractivity contribution < 1.29 is 9.59 Å². The number of nitrogens with two attached hydrogens (primary N) is 1. The lowest BCUT2D eigenvalue weighted by Gasteiger charge is -2.46. The number of piperazine rings is 1. The van der Waals surface area contributed by atoms with Gasteiger partial charge in [-0.15, -0.1) is 0 Å². The van der Waals surface area contributed by atoms with Gasteiger partial charge in [0.05, 0.1) is 10.4 Å². The number of hydrogen-bond donors (Lipinski definition) is 2. The largest absolute Gasteiger partial charge is 0.392 e. The Morgan fingerprint density at radius 3 is 2.33 bits per heavy atom. The molecule has 0 unspecified atom stereocenters. The highest BCUT2D eigenvalue weighted by Gasteiger charge is 2.50. The number of carbonyl (C=O) groups excluding carboxylic acids is 2. The first-order valence-electron chi connectivity index (χ1n) is 7.73. The van der Waals surface area contributed by atoms with Crippen LogP contribution in [-0.4, -0.2) is 40.3 Å². The second-order valence-electron chi connectivity index (χ2n) is 6.63. The molecule has 0 aromatic rings. The molecular weight excluding hydrogens is 286 g/mol. The topological polar surface area (TPSA) is 75.4 Å². The third-order valence-corrected chi connectivity index (χ3v) is 5.33. The Bertz CT molecular complexity index is 454. The van der Waals surface area contributed by atoms with Crippen LogP contribution in [0.5, 0.6) is 0 Å². The van der Waals surface area contributed by atoms with E-state index in [2.05, 4.69) is 5.32 Å². The number of amides is 2. The molecule has 3 N–H and O–H groups in total. The first-order valence-corrected chi connectivity index (χ1v) is 8.13. The Morgan fingerprint density at radius 1 is 1.24 bits per heavy atom. The van der Waals surface area contributed by atoms with Gasteiger partial charge in [0.1, 0.15) is 5.54 Å². The van der Waals surface area contributed by atoms with Gasteiger partial charge in [-0.25, -0.2) is 0 Å². The highest BCUT2D eigenvalue weighted by Crippen LogP contribution is 2.39. The minimum Gasteiger partial charge on any atom is -0.392 e. The van der Waals surface area contributed by atoms with Gasteiger partial charge < -0.3 is 16.0 Å².